The molecule has 9 nitrogen and oxygen atoms in total. The van der Waals surface area contributed by atoms with Crippen LogP contribution in [0, 0.1) is 5.92 Å². The van der Waals surface area contributed by atoms with Crippen LogP contribution in [-0.2, 0) is 15.1 Å². The van der Waals surface area contributed by atoms with Crippen molar-refractivity contribution < 1.29 is 28.7 Å². The third-order valence-corrected chi connectivity index (χ3v) is 6.46. The van der Waals surface area contributed by atoms with Gasteiger partial charge in [0, 0.05) is 38.9 Å². The van der Waals surface area contributed by atoms with Crippen molar-refractivity contribution >= 4 is 29.3 Å². The molecule has 3 aliphatic heterocycles. The van der Waals surface area contributed by atoms with E-state index >= 15 is 0 Å². The summed E-state index contributed by atoms with van der Waals surface area (Å²) in [7, 11) is 0. The lowest BCUT2D eigenvalue weighted by Crippen LogP contribution is -2.60. The summed E-state index contributed by atoms with van der Waals surface area (Å²) in [5.41, 5.74) is -0.0634. The number of esters is 2. The van der Waals surface area contributed by atoms with Gasteiger partial charge in [0.15, 0.2) is 11.4 Å². The molecule has 1 aromatic heterocycles. The van der Waals surface area contributed by atoms with Crippen molar-refractivity contribution in [3.05, 3.63) is 77.5 Å². The zero-order valence-corrected chi connectivity index (χ0v) is 19.3. The van der Waals surface area contributed by atoms with Gasteiger partial charge in [0.25, 0.3) is 5.88 Å². The van der Waals surface area contributed by atoms with Crippen LogP contribution in [0.25, 0.3) is 0 Å². The summed E-state index contributed by atoms with van der Waals surface area (Å²) in [6.45, 7) is 3.18. The van der Waals surface area contributed by atoms with E-state index in [2.05, 4.69) is 5.10 Å². The molecule has 3 aliphatic rings. The van der Waals surface area contributed by atoms with E-state index in [0.717, 1.165) is 4.68 Å². The van der Waals surface area contributed by atoms with Crippen LogP contribution in [0.5, 0.6) is 5.88 Å². The van der Waals surface area contributed by atoms with E-state index in [9.17, 15) is 19.2 Å². The number of benzene rings is 2. The fourth-order valence-electron chi connectivity index (χ4n) is 4.98. The Labute approximate surface area is 201 Å². The second-order valence-corrected chi connectivity index (χ2v) is 8.65. The van der Waals surface area contributed by atoms with Crippen molar-refractivity contribution in [2.75, 3.05) is 18.0 Å². The van der Waals surface area contributed by atoms with E-state index in [1.807, 2.05) is 11.0 Å². The number of ketones is 1. The Morgan fingerprint density at radius 1 is 0.943 bits per heavy atom. The predicted molar refractivity (Wildman–Crippen MR) is 124 cm³/mol. The van der Waals surface area contributed by atoms with Crippen molar-refractivity contribution in [3.8, 4) is 5.88 Å². The number of aromatic nitrogens is 2. The maximum Gasteiger partial charge on any atom is 0.339 e. The monoisotopic (exact) mass is 473 g/mol. The molecule has 0 spiro atoms. The molecule has 0 aliphatic carbocycles. The second-order valence-electron chi connectivity index (χ2n) is 8.65. The maximum absolute atomic E-state index is 13.8. The summed E-state index contributed by atoms with van der Waals surface area (Å²) >= 11 is 0. The van der Waals surface area contributed by atoms with Crippen LogP contribution >= 0.6 is 0 Å². The normalized spacial score (nSPS) is 20.2. The predicted octanol–water partition coefficient (Wildman–Crippen LogP) is 3.24. The molecular weight excluding hydrogens is 450 g/mol. The molecule has 2 atom stereocenters. The number of fused-ring (bicyclic) bond motifs is 2. The van der Waals surface area contributed by atoms with E-state index in [1.165, 1.54) is 13.8 Å². The number of hydrogen-bond acceptors (Lipinski definition) is 8. The summed E-state index contributed by atoms with van der Waals surface area (Å²) < 4.78 is 12.6. The molecule has 4 heterocycles. The molecule has 2 bridgehead atoms. The molecule has 0 N–H and O–H groups in total. The van der Waals surface area contributed by atoms with Gasteiger partial charge in [0.2, 0.25) is 5.91 Å². The number of rotatable bonds is 5. The fraction of sp³-hybridized carbons (Fsp3) is 0.269. The van der Waals surface area contributed by atoms with E-state index in [0.29, 0.717) is 23.4 Å². The minimum atomic E-state index is -1.49. The molecule has 9 heteroatoms. The van der Waals surface area contributed by atoms with Gasteiger partial charge in [-0.05, 0) is 12.1 Å². The molecule has 2 unspecified atom stereocenters. The molecule has 2 aromatic carbocycles. The van der Waals surface area contributed by atoms with Gasteiger partial charge in [0.1, 0.15) is 11.4 Å². The van der Waals surface area contributed by atoms with Crippen molar-refractivity contribution in [1.82, 2.24) is 9.78 Å². The largest absolute Gasteiger partial charge is 0.448 e. The van der Waals surface area contributed by atoms with Gasteiger partial charge in [-0.25, -0.2) is 4.79 Å². The first-order chi connectivity index (χ1) is 16.8. The highest BCUT2D eigenvalue weighted by Crippen LogP contribution is 2.55. The van der Waals surface area contributed by atoms with Gasteiger partial charge >= 0.3 is 11.9 Å². The van der Waals surface area contributed by atoms with Crippen LogP contribution in [-0.4, -0.2) is 46.5 Å². The SMILES string of the molecule is CC(=O)Oc1nn(C(C)=O)c2c1N1CCC2(OC(=O)c2ccccc2)C(C(=O)c2ccccc2)C1. The number of piperidine rings is 1. The average molecular weight is 473 g/mol. The number of carbonyl (C=O) groups excluding carboxylic acids is 4. The first kappa shape index (κ1) is 22.5. The quantitative estimate of drug-likeness (QED) is 0.411. The van der Waals surface area contributed by atoms with Gasteiger partial charge in [-0.3, -0.25) is 14.4 Å². The lowest BCUT2D eigenvalue weighted by atomic mass is 9.70. The summed E-state index contributed by atoms with van der Waals surface area (Å²) in [4.78, 5) is 53.4. The summed E-state index contributed by atoms with van der Waals surface area (Å²) in [6, 6.07) is 17.2. The minimum Gasteiger partial charge on any atom is -0.448 e. The van der Waals surface area contributed by atoms with E-state index in [-0.39, 0.29) is 30.3 Å². The highest BCUT2D eigenvalue weighted by molar-refractivity contribution is 6.01. The van der Waals surface area contributed by atoms with Crippen LogP contribution in [0.15, 0.2) is 60.7 Å². The molecule has 1 saturated heterocycles. The van der Waals surface area contributed by atoms with Crippen molar-refractivity contribution in [2.24, 2.45) is 5.92 Å². The first-order valence-corrected chi connectivity index (χ1v) is 11.3. The standard InChI is InChI=1S/C26H23N3O6/c1-16(30)29-23-21(24(27-29)34-17(2)31)28-14-13-26(23,35-25(33)19-11-7-4-8-12-19)20(15-28)22(32)18-9-5-3-6-10-18/h3-12,20H,13-15H2,1-2H3. The Morgan fingerprint density at radius 2 is 1.57 bits per heavy atom. The van der Waals surface area contributed by atoms with Crippen LogP contribution in [0.1, 0.15) is 51.5 Å². The van der Waals surface area contributed by atoms with Gasteiger partial charge in [0.05, 0.1) is 11.5 Å². The average Bonchev–Trinajstić information content (AvgIpc) is 3.26. The molecule has 1 fully saturated rings. The highest BCUT2D eigenvalue weighted by Gasteiger charge is 2.60. The highest BCUT2D eigenvalue weighted by atomic mass is 16.6. The summed E-state index contributed by atoms with van der Waals surface area (Å²) in [6.07, 6.45) is 0.264. The minimum absolute atomic E-state index is 0.0480. The maximum atomic E-state index is 13.8. The molecule has 0 saturated carbocycles. The lowest BCUT2D eigenvalue weighted by molar-refractivity contribution is -0.132. The van der Waals surface area contributed by atoms with Crippen molar-refractivity contribution in [2.45, 2.75) is 25.9 Å². The molecule has 178 valence electrons. The number of nitrogens with zero attached hydrogens (tertiary/aromatic N) is 3. The zero-order valence-electron chi connectivity index (χ0n) is 19.3. The first-order valence-electron chi connectivity index (χ1n) is 11.3. The molecule has 6 rings (SSSR count). The van der Waals surface area contributed by atoms with Crippen LogP contribution < -0.4 is 9.64 Å². The Kier molecular flexibility index (Phi) is 5.47. The van der Waals surface area contributed by atoms with Crippen LogP contribution in [0.4, 0.5) is 5.69 Å². The van der Waals surface area contributed by atoms with Gasteiger partial charge in [-0.2, -0.15) is 4.68 Å². The Hall–Kier alpha value is -4.27. The van der Waals surface area contributed by atoms with Gasteiger partial charge in [-0.15, -0.1) is 5.10 Å². The Balaban J connectivity index is 1.70. The van der Waals surface area contributed by atoms with E-state index in [4.69, 9.17) is 9.47 Å². The Bertz CT molecular complexity index is 1330. The number of anilines is 1. The topological polar surface area (TPSA) is 108 Å². The molecule has 0 radical (unpaired) electrons. The zero-order chi connectivity index (χ0) is 24.7. The molecule has 0 amide bonds. The van der Waals surface area contributed by atoms with E-state index < -0.39 is 29.4 Å². The third kappa shape index (κ3) is 3.69. The molecule has 35 heavy (non-hydrogen) atoms. The molecular formula is C26H23N3O6. The number of carbonyl (C=O) groups is 4. The third-order valence-electron chi connectivity index (χ3n) is 6.46. The van der Waals surface area contributed by atoms with E-state index in [1.54, 1.807) is 54.6 Å². The summed E-state index contributed by atoms with van der Waals surface area (Å²) in [5, 5.41) is 4.24. The second kappa shape index (κ2) is 8.50. The van der Waals surface area contributed by atoms with Crippen molar-refractivity contribution in [1.29, 1.82) is 0 Å². The number of Topliss-reactive ketones (excluding diaryl/α,β-unsaturated/α-hetero) is 1. The lowest BCUT2D eigenvalue weighted by Gasteiger charge is -2.51. The molecule has 3 aromatic rings. The van der Waals surface area contributed by atoms with Crippen LogP contribution in [0.3, 0.4) is 0 Å². The van der Waals surface area contributed by atoms with Crippen molar-refractivity contribution in [3.63, 3.8) is 0 Å². The fourth-order valence-corrected chi connectivity index (χ4v) is 4.98. The van der Waals surface area contributed by atoms with Gasteiger partial charge < -0.3 is 14.4 Å². The number of ether oxygens (including phenoxy) is 2. The Morgan fingerprint density at radius 3 is 2.17 bits per heavy atom. The smallest absolute Gasteiger partial charge is 0.339 e. The number of hydrogen-bond donors (Lipinski definition) is 0. The van der Waals surface area contributed by atoms with Crippen LogP contribution in [0.2, 0.25) is 0 Å². The van der Waals surface area contributed by atoms with Gasteiger partial charge in [-0.1, -0.05) is 48.5 Å². The summed E-state index contributed by atoms with van der Waals surface area (Å²) in [5.74, 6) is -2.76.